The minimum absolute atomic E-state index is 0.252. The van der Waals surface area contributed by atoms with Crippen LogP contribution < -0.4 is 5.32 Å². The summed E-state index contributed by atoms with van der Waals surface area (Å²) in [5.41, 5.74) is 1.33. The van der Waals surface area contributed by atoms with Gasteiger partial charge in [0.15, 0.2) is 0 Å². The molecular weight excluding hydrogens is 215 g/mol. The lowest BCUT2D eigenvalue weighted by Crippen LogP contribution is -2.56. The molecule has 3 heteroatoms. The first-order valence-corrected chi connectivity index (χ1v) is 6.37. The number of alkyl halides is 1. The molecule has 0 bridgehead atoms. The van der Waals surface area contributed by atoms with Gasteiger partial charge in [0.2, 0.25) is 0 Å². The summed E-state index contributed by atoms with van der Waals surface area (Å²) < 4.78 is 12.6. The van der Waals surface area contributed by atoms with E-state index in [2.05, 4.69) is 41.4 Å². The summed E-state index contributed by atoms with van der Waals surface area (Å²) in [5.74, 6) is 0. The molecule has 1 aliphatic rings. The number of rotatable bonds is 4. The molecule has 0 aromatic heterocycles. The molecule has 1 aromatic rings. The van der Waals surface area contributed by atoms with Crippen molar-refractivity contribution < 1.29 is 4.39 Å². The summed E-state index contributed by atoms with van der Waals surface area (Å²) in [6.07, 6.45) is 1.00. The molecule has 2 atom stereocenters. The molecule has 94 valence electrons. The van der Waals surface area contributed by atoms with Gasteiger partial charge in [0.05, 0.1) is 0 Å². The van der Waals surface area contributed by atoms with Gasteiger partial charge in [-0.25, -0.2) is 4.39 Å². The lowest BCUT2D eigenvalue weighted by atomic mass is 10.0. The van der Waals surface area contributed by atoms with Gasteiger partial charge in [0.25, 0.3) is 0 Å². The smallest absolute Gasteiger partial charge is 0.102 e. The van der Waals surface area contributed by atoms with Crippen molar-refractivity contribution in [2.24, 2.45) is 0 Å². The van der Waals surface area contributed by atoms with Crippen molar-refractivity contribution in [1.82, 2.24) is 10.2 Å². The molecule has 2 rings (SSSR count). The number of halogens is 1. The zero-order valence-corrected chi connectivity index (χ0v) is 10.4. The van der Waals surface area contributed by atoms with Crippen LogP contribution in [0.3, 0.4) is 0 Å². The summed E-state index contributed by atoms with van der Waals surface area (Å²) >= 11 is 0. The van der Waals surface area contributed by atoms with Gasteiger partial charge in [-0.1, -0.05) is 30.3 Å². The van der Waals surface area contributed by atoms with E-state index in [9.17, 15) is 4.39 Å². The van der Waals surface area contributed by atoms with Gasteiger partial charge < -0.3 is 5.32 Å². The molecule has 1 N–H and O–H groups in total. The predicted octanol–water partition coefficient (Wildman–Crippen LogP) is 1.86. The van der Waals surface area contributed by atoms with E-state index in [0.717, 1.165) is 19.5 Å². The Morgan fingerprint density at radius 2 is 2.12 bits per heavy atom. The van der Waals surface area contributed by atoms with Crippen molar-refractivity contribution in [3.8, 4) is 0 Å². The van der Waals surface area contributed by atoms with Crippen molar-refractivity contribution >= 4 is 0 Å². The second kappa shape index (κ2) is 6.12. The Hall–Kier alpha value is -0.930. The Labute approximate surface area is 103 Å². The van der Waals surface area contributed by atoms with Crippen molar-refractivity contribution in [3.05, 3.63) is 35.9 Å². The SMILES string of the molecule is CC1CN(CCF)C(Cc2ccccc2)CN1. The molecule has 0 aliphatic carbocycles. The van der Waals surface area contributed by atoms with Crippen LogP contribution in [0.1, 0.15) is 12.5 Å². The van der Waals surface area contributed by atoms with Gasteiger partial charge in [-0.3, -0.25) is 4.90 Å². The third kappa shape index (κ3) is 3.51. The van der Waals surface area contributed by atoms with E-state index in [0.29, 0.717) is 18.6 Å². The number of hydrogen-bond donors (Lipinski definition) is 1. The van der Waals surface area contributed by atoms with Gasteiger partial charge in [0.1, 0.15) is 6.67 Å². The Morgan fingerprint density at radius 3 is 2.82 bits per heavy atom. The van der Waals surface area contributed by atoms with E-state index in [-0.39, 0.29) is 6.67 Å². The standard InChI is InChI=1S/C14H21FN2/c1-12-11-17(8-7-15)14(10-16-12)9-13-5-3-2-4-6-13/h2-6,12,14,16H,7-11H2,1H3. The number of piperazine rings is 1. The molecule has 0 amide bonds. The fraction of sp³-hybridized carbons (Fsp3) is 0.571. The largest absolute Gasteiger partial charge is 0.311 e. The maximum absolute atomic E-state index is 12.6. The van der Waals surface area contributed by atoms with E-state index >= 15 is 0 Å². The van der Waals surface area contributed by atoms with E-state index in [1.54, 1.807) is 0 Å². The van der Waals surface area contributed by atoms with Crippen molar-refractivity contribution in [1.29, 1.82) is 0 Å². The highest BCUT2D eigenvalue weighted by atomic mass is 19.1. The Kier molecular flexibility index (Phi) is 4.51. The van der Waals surface area contributed by atoms with Crippen molar-refractivity contribution in [2.45, 2.75) is 25.4 Å². The van der Waals surface area contributed by atoms with Gasteiger partial charge >= 0.3 is 0 Å². The van der Waals surface area contributed by atoms with Crippen LogP contribution in [0.4, 0.5) is 4.39 Å². The van der Waals surface area contributed by atoms with Gasteiger partial charge in [-0.05, 0) is 18.9 Å². The summed E-state index contributed by atoms with van der Waals surface area (Å²) in [7, 11) is 0. The molecule has 1 aliphatic heterocycles. The molecule has 0 radical (unpaired) electrons. The average molecular weight is 236 g/mol. The normalized spacial score (nSPS) is 26.0. The molecule has 1 fully saturated rings. The van der Waals surface area contributed by atoms with Gasteiger partial charge in [0, 0.05) is 31.7 Å². The van der Waals surface area contributed by atoms with E-state index in [4.69, 9.17) is 0 Å². The fourth-order valence-corrected chi connectivity index (χ4v) is 2.50. The number of hydrogen-bond acceptors (Lipinski definition) is 2. The Bertz CT molecular complexity index is 328. The molecule has 1 aromatic carbocycles. The first-order chi connectivity index (χ1) is 8.29. The zero-order valence-electron chi connectivity index (χ0n) is 10.4. The molecule has 17 heavy (non-hydrogen) atoms. The topological polar surface area (TPSA) is 15.3 Å². The highest BCUT2D eigenvalue weighted by Gasteiger charge is 2.25. The van der Waals surface area contributed by atoms with Crippen LogP contribution >= 0.6 is 0 Å². The number of nitrogens with one attached hydrogen (secondary N) is 1. The molecule has 2 unspecified atom stereocenters. The first kappa shape index (κ1) is 12.5. The highest BCUT2D eigenvalue weighted by molar-refractivity contribution is 5.16. The van der Waals surface area contributed by atoms with Crippen LogP contribution in [0.25, 0.3) is 0 Å². The van der Waals surface area contributed by atoms with Crippen LogP contribution in [-0.2, 0) is 6.42 Å². The second-order valence-electron chi connectivity index (χ2n) is 4.84. The maximum atomic E-state index is 12.6. The molecule has 1 heterocycles. The summed E-state index contributed by atoms with van der Waals surface area (Å²) in [4.78, 5) is 2.27. The van der Waals surface area contributed by atoms with Gasteiger partial charge in [-0.15, -0.1) is 0 Å². The zero-order chi connectivity index (χ0) is 12.1. The van der Waals surface area contributed by atoms with Crippen LogP contribution in [-0.4, -0.2) is 43.3 Å². The average Bonchev–Trinajstić information content (AvgIpc) is 2.34. The quantitative estimate of drug-likeness (QED) is 0.858. The monoisotopic (exact) mass is 236 g/mol. The Morgan fingerprint density at radius 1 is 1.35 bits per heavy atom. The van der Waals surface area contributed by atoms with Gasteiger partial charge in [-0.2, -0.15) is 0 Å². The lowest BCUT2D eigenvalue weighted by Gasteiger charge is -2.39. The fourth-order valence-electron chi connectivity index (χ4n) is 2.50. The minimum atomic E-state index is -0.252. The maximum Gasteiger partial charge on any atom is 0.102 e. The van der Waals surface area contributed by atoms with E-state index in [1.165, 1.54) is 5.56 Å². The molecule has 2 nitrogen and oxygen atoms in total. The van der Waals surface area contributed by atoms with Crippen molar-refractivity contribution in [2.75, 3.05) is 26.3 Å². The third-order valence-corrected chi connectivity index (χ3v) is 3.41. The second-order valence-corrected chi connectivity index (χ2v) is 4.84. The highest BCUT2D eigenvalue weighted by Crippen LogP contribution is 2.12. The lowest BCUT2D eigenvalue weighted by molar-refractivity contribution is 0.125. The molecule has 0 saturated carbocycles. The molecule has 1 saturated heterocycles. The van der Waals surface area contributed by atoms with Crippen LogP contribution in [0.15, 0.2) is 30.3 Å². The van der Waals surface area contributed by atoms with Crippen LogP contribution in [0.5, 0.6) is 0 Å². The van der Waals surface area contributed by atoms with Crippen LogP contribution in [0, 0.1) is 0 Å². The molecular formula is C14H21FN2. The molecule has 0 spiro atoms. The summed E-state index contributed by atoms with van der Waals surface area (Å²) in [5, 5.41) is 3.48. The summed E-state index contributed by atoms with van der Waals surface area (Å²) in [6.45, 7) is 4.36. The van der Waals surface area contributed by atoms with Crippen LogP contribution in [0.2, 0.25) is 0 Å². The predicted molar refractivity (Wildman–Crippen MR) is 68.9 cm³/mol. The third-order valence-electron chi connectivity index (χ3n) is 3.41. The minimum Gasteiger partial charge on any atom is -0.311 e. The van der Waals surface area contributed by atoms with Crippen molar-refractivity contribution in [3.63, 3.8) is 0 Å². The number of benzene rings is 1. The first-order valence-electron chi connectivity index (χ1n) is 6.37. The van der Waals surface area contributed by atoms with E-state index in [1.807, 2.05) is 6.07 Å². The van der Waals surface area contributed by atoms with E-state index < -0.39 is 0 Å². The Balaban J connectivity index is 1.98. The summed E-state index contributed by atoms with van der Waals surface area (Å²) in [6, 6.07) is 11.3. The number of nitrogens with zero attached hydrogens (tertiary/aromatic N) is 1.